The van der Waals surface area contributed by atoms with Crippen LogP contribution in [0.4, 0.5) is 0 Å². The molecule has 1 aromatic heterocycles. The monoisotopic (exact) mass is 526 g/mol. The molecule has 7 aromatic rings. The molecule has 41 heavy (non-hydrogen) atoms. The molecule has 0 fully saturated rings. The Hall–Kier alpha value is -4.95. The van der Waals surface area contributed by atoms with Crippen molar-refractivity contribution in [2.24, 2.45) is 0 Å². The van der Waals surface area contributed by atoms with Crippen LogP contribution in [0.25, 0.3) is 60.9 Å². The molecule has 0 aliphatic heterocycles. The first-order chi connectivity index (χ1) is 20.0. The molecule has 0 saturated heterocycles. The van der Waals surface area contributed by atoms with Gasteiger partial charge >= 0.3 is 0 Å². The van der Waals surface area contributed by atoms with Gasteiger partial charge in [0.2, 0.25) is 0 Å². The molecule has 1 aliphatic carbocycles. The molecule has 6 aromatic carbocycles. The van der Waals surface area contributed by atoms with Crippen molar-refractivity contribution in [2.75, 3.05) is 0 Å². The number of hydrogen-bond acceptors (Lipinski definition) is 1. The number of aryl methyl sites for hydroxylation is 1. The average Bonchev–Trinajstić information content (AvgIpc) is 3.46. The van der Waals surface area contributed by atoms with E-state index in [1.165, 1.54) is 55.3 Å². The quantitative estimate of drug-likeness (QED) is 0.224. The van der Waals surface area contributed by atoms with Gasteiger partial charge in [0, 0.05) is 11.1 Å². The summed E-state index contributed by atoms with van der Waals surface area (Å²) in [6, 6.07) is 46.6. The van der Waals surface area contributed by atoms with E-state index in [-0.39, 0.29) is 5.41 Å². The third kappa shape index (κ3) is 3.68. The van der Waals surface area contributed by atoms with Gasteiger partial charge in [0.15, 0.2) is 0 Å². The summed E-state index contributed by atoms with van der Waals surface area (Å²) in [4.78, 5) is 4.75. The molecule has 2 nitrogen and oxygen atoms in total. The Kier molecular flexibility index (Phi) is 5.11. The standard InChI is InChI=1S/C39H30N2/c1-25-40-37-10-6-7-11-38(37)41(25)32-18-14-27(15-19-32)30-16-20-33-34-21-17-31(24-36(34)39(2,3)35(33)23-30)29-13-12-26-8-4-5-9-28(26)22-29/h4-24H,1-3H3. The van der Waals surface area contributed by atoms with E-state index in [2.05, 4.69) is 147 Å². The molecular weight excluding hydrogens is 496 g/mol. The number of imidazole rings is 1. The highest BCUT2D eigenvalue weighted by atomic mass is 15.1. The first kappa shape index (κ1) is 23.9. The van der Waals surface area contributed by atoms with E-state index in [1.54, 1.807) is 0 Å². The van der Waals surface area contributed by atoms with Gasteiger partial charge in [0.1, 0.15) is 5.82 Å². The van der Waals surface area contributed by atoms with Crippen LogP contribution in [0.5, 0.6) is 0 Å². The van der Waals surface area contributed by atoms with Gasteiger partial charge in [-0.1, -0.05) is 98.8 Å². The van der Waals surface area contributed by atoms with Crippen LogP contribution in [-0.4, -0.2) is 9.55 Å². The lowest BCUT2D eigenvalue weighted by Crippen LogP contribution is -2.15. The van der Waals surface area contributed by atoms with Crippen molar-refractivity contribution in [1.82, 2.24) is 9.55 Å². The number of nitrogens with zero attached hydrogens (tertiary/aromatic N) is 2. The summed E-state index contributed by atoms with van der Waals surface area (Å²) in [5, 5.41) is 2.55. The first-order valence-electron chi connectivity index (χ1n) is 14.3. The van der Waals surface area contributed by atoms with Crippen LogP contribution < -0.4 is 0 Å². The fourth-order valence-electron chi connectivity index (χ4n) is 6.74. The van der Waals surface area contributed by atoms with E-state index in [1.807, 2.05) is 6.07 Å². The molecule has 0 spiro atoms. The summed E-state index contributed by atoms with van der Waals surface area (Å²) in [7, 11) is 0. The maximum absolute atomic E-state index is 4.75. The lowest BCUT2D eigenvalue weighted by molar-refractivity contribution is 0.661. The number of benzene rings is 6. The fourth-order valence-corrected chi connectivity index (χ4v) is 6.74. The Labute approximate surface area is 240 Å². The van der Waals surface area contributed by atoms with Gasteiger partial charge in [-0.15, -0.1) is 0 Å². The molecule has 0 bridgehead atoms. The van der Waals surface area contributed by atoms with Crippen molar-refractivity contribution >= 4 is 21.8 Å². The van der Waals surface area contributed by atoms with Crippen LogP contribution >= 0.6 is 0 Å². The van der Waals surface area contributed by atoms with Crippen molar-refractivity contribution in [3.05, 3.63) is 144 Å². The van der Waals surface area contributed by atoms with Gasteiger partial charge in [-0.25, -0.2) is 4.98 Å². The zero-order valence-electron chi connectivity index (χ0n) is 23.5. The van der Waals surface area contributed by atoms with Crippen LogP contribution in [0.15, 0.2) is 127 Å². The Balaban J connectivity index is 1.15. The molecule has 0 unspecified atom stereocenters. The summed E-state index contributed by atoms with van der Waals surface area (Å²) in [5.74, 6) is 0.999. The topological polar surface area (TPSA) is 17.8 Å². The summed E-state index contributed by atoms with van der Waals surface area (Å²) >= 11 is 0. The van der Waals surface area contributed by atoms with Crippen LogP contribution in [-0.2, 0) is 5.41 Å². The van der Waals surface area contributed by atoms with Crippen molar-refractivity contribution in [3.63, 3.8) is 0 Å². The van der Waals surface area contributed by atoms with Gasteiger partial charge < -0.3 is 0 Å². The SMILES string of the molecule is Cc1nc2ccccc2n1-c1ccc(-c2ccc3c(c2)C(C)(C)c2cc(-c4ccc5ccccc5c4)ccc2-3)cc1. The summed E-state index contributed by atoms with van der Waals surface area (Å²) < 4.78 is 2.23. The Morgan fingerprint density at radius 3 is 1.83 bits per heavy atom. The molecule has 1 heterocycles. The first-order valence-corrected chi connectivity index (χ1v) is 14.3. The zero-order chi connectivity index (χ0) is 27.7. The second kappa shape index (κ2) is 8.78. The van der Waals surface area contributed by atoms with Crippen LogP contribution in [0.2, 0.25) is 0 Å². The number of hydrogen-bond donors (Lipinski definition) is 0. The van der Waals surface area contributed by atoms with Gasteiger partial charge in [-0.2, -0.15) is 0 Å². The summed E-state index contributed by atoms with van der Waals surface area (Å²) in [6.45, 7) is 6.79. The van der Waals surface area contributed by atoms with E-state index >= 15 is 0 Å². The molecule has 8 rings (SSSR count). The highest BCUT2D eigenvalue weighted by molar-refractivity contribution is 5.90. The predicted molar refractivity (Wildman–Crippen MR) is 172 cm³/mol. The van der Waals surface area contributed by atoms with Crippen LogP contribution in [0.3, 0.4) is 0 Å². The average molecular weight is 527 g/mol. The third-order valence-electron chi connectivity index (χ3n) is 8.95. The largest absolute Gasteiger partial charge is 0.297 e. The zero-order valence-corrected chi connectivity index (χ0v) is 23.5. The number of aromatic nitrogens is 2. The molecule has 0 radical (unpaired) electrons. The summed E-state index contributed by atoms with van der Waals surface area (Å²) in [6.07, 6.45) is 0. The van der Waals surface area contributed by atoms with E-state index in [0.29, 0.717) is 0 Å². The lowest BCUT2D eigenvalue weighted by atomic mass is 9.81. The molecule has 2 heteroatoms. The molecule has 0 amide bonds. The fraction of sp³-hybridized carbons (Fsp3) is 0.103. The smallest absolute Gasteiger partial charge is 0.111 e. The Morgan fingerprint density at radius 1 is 0.537 bits per heavy atom. The van der Waals surface area contributed by atoms with Crippen molar-refractivity contribution < 1.29 is 0 Å². The molecule has 1 aliphatic rings. The second-order valence-electron chi connectivity index (χ2n) is 11.7. The van der Waals surface area contributed by atoms with Crippen molar-refractivity contribution in [1.29, 1.82) is 0 Å². The normalized spacial score (nSPS) is 13.4. The minimum Gasteiger partial charge on any atom is -0.297 e. The maximum Gasteiger partial charge on any atom is 0.111 e. The molecule has 196 valence electrons. The number of rotatable bonds is 3. The predicted octanol–water partition coefficient (Wildman–Crippen LogP) is 10.1. The molecule has 0 saturated carbocycles. The molecule has 0 atom stereocenters. The van der Waals surface area contributed by atoms with Gasteiger partial charge in [0.25, 0.3) is 0 Å². The lowest BCUT2D eigenvalue weighted by Gasteiger charge is -2.22. The van der Waals surface area contributed by atoms with Gasteiger partial charge in [0.05, 0.1) is 11.0 Å². The minimum atomic E-state index is -0.0830. The van der Waals surface area contributed by atoms with Gasteiger partial charge in [-0.05, 0) is 105 Å². The van der Waals surface area contributed by atoms with Crippen molar-refractivity contribution in [2.45, 2.75) is 26.2 Å². The number of fused-ring (bicyclic) bond motifs is 5. The van der Waals surface area contributed by atoms with E-state index in [0.717, 1.165) is 22.5 Å². The highest BCUT2D eigenvalue weighted by Crippen LogP contribution is 2.50. The van der Waals surface area contributed by atoms with Crippen LogP contribution in [0, 0.1) is 6.92 Å². The van der Waals surface area contributed by atoms with E-state index in [4.69, 9.17) is 4.98 Å². The molecular formula is C39H30N2. The minimum absolute atomic E-state index is 0.0830. The second-order valence-corrected chi connectivity index (χ2v) is 11.7. The van der Waals surface area contributed by atoms with Crippen LogP contribution in [0.1, 0.15) is 30.8 Å². The summed E-state index contributed by atoms with van der Waals surface area (Å²) in [5.41, 5.74) is 13.7. The van der Waals surface area contributed by atoms with E-state index in [9.17, 15) is 0 Å². The highest BCUT2D eigenvalue weighted by Gasteiger charge is 2.35. The third-order valence-corrected chi connectivity index (χ3v) is 8.95. The van der Waals surface area contributed by atoms with Crippen molar-refractivity contribution in [3.8, 4) is 39.1 Å². The Morgan fingerprint density at radius 2 is 1.10 bits per heavy atom. The Bertz CT molecular complexity index is 2130. The molecule has 0 N–H and O–H groups in total. The maximum atomic E-state index is 4.75. The van der Waals surface area contributed by atoms with E-state index < -0.39 is 0 Å². The van der Waals surface area contributed by atoms with Gasteiger partial charge in [-0.3, -0.25) is 4.57 Å². The number of para-hydroxylation sites is 2.